The molecule has 1 rings (SSSR count). The van der Waals surface area contributed by atoms with E-state index in [2.05, 4.69) is 6.58 Å². The molecule has 2 atom stereocenters. The van der Waals surface area contributed by atoms with Crippen LogP contribution in [0.2, 0.25) is 0 Å². The van der Waals surface area contributed by atoms with Crippen LogP contribution in [0.1, 0.15) is 26.2 Å². The second-order valence-corrected chi connectivity index (χ2v) is 4.09. The molecule has 0 saturated carbocycles. The normalized spacial score (nSPS) is 23.3. The molecule has 1 amide bonds. The van der Waals surface area contributed by atoms with Gasteiger partial charge in [-0.2, -0.15) is 0 Å². The van der Waals surface area contributed by atoms with Gasteiger partial charge in [-0.25, -0.2) is 4.79 Å². The molecule has 17 heavy (non-hydrogen) atoms. The molecule has 0 N–H and O–H groups in total. The second-order valence-electron chi connectivity index (χ2n) is 4.09. The first-order valence-electron chi connectivity index (χ1n) is 5.70. The van der Waals surface area contributed by atoms with Gasteiger partial charge >= 0.3 is 12.1 Å². The summed E-state index contributed by atoms with van der Waals surface area (Å²) < 4.78 is 9.72. The molecule has 0 aliphatic carbocycles. The van der Waals surface area contributed by atoms with Crippen molar-refractivity contribution in [2.24, 2.45) is 0 Å². The van der Waals surface area contributed by atoms with Gasteiger partial charge in [0.05, 0.1) is 13.2 Å². The van der Waals surface area contributed by atoms with Gasteiger partial charge in [0.2, 0.25) is 0 Å². The van der Waals surface area contributed by atoms with E-state index in [9.17, 15) is 9.59 Å². The number of esters is 1. The van der Waals surface area contributed by atoms with Crippen molar-refractivity contribution in [1.29, 1.82) is 0 Å². The van der Waals surface area contributed by atoms with E-state index in [-0.39, 0.29) is 30.8 Å². The summed E-state index contributed by atoms with van der Waals surface area (Å²) in [6.07, 6.45) is 3.85. The number of nitrogens with zero attached hydrogens (tertiary/aromatic N) is 1. The second kappa shape index (κ2) is 6.27. The lowest BCUT2D eigenvalue weighted by atomic mass is 10.1. The van der Waals surface area contributed by atoms with Crippen LogP contribution in [0.25, 0.3) is 0 Å². The molecule has 0 aromatic rings. The topological polar surface area (TPSA) is 55.8 Å². The van der Waals surface area contributed by atoms with E-state index in [0.717, 1.165) is 19.3 Å². The van der Waals surface area contributed by atoms with Gasteiger partial charge in [-0.15, -0.1) is 6.58 Å². The standard InChI is InChI=1S/C12H19NO4/c1-4-5-10-6-7-11(8-17-9(2)14)13(10)12(15)16-3/h4,10-11H,1,5-8H2,2-3H3. The molecule has 0 aromatic carbocycles. The molecule has 1 fully saturated rings. The van der Waals surface area contributed by atoms with E-state index in [1.807, 2.05) is 0 Å². The van der Waals surface area contributed by atoms with E-state index in [1.54, 1.807) is 11.0 Å². The lowest BCUT2D eigenvalue weighted by Crippen LogP contribution is -2.43. The fourth-order valence-corrected chi connectivity index (χ4v) is 2.17. The average Bonchev–Trinajstić information content (AvgIpc) is 2.69. The number of carbonyl (C=O) groups is 2. The van der Waals surface area contributed by atoms with E-state index < -0.39 is 0 Å². The third-order valence-electron chi connectivity index (χ3n) is 2.92. The summed E-state index contributed by atoms with van der Waals surface area (Å²) in [5, 5.41) is 0. The number of carbonyl (C=O) groups excluding carboxylic acids is 2. The van der Waals surface area contributed by atoms with Crippen molar-refractivity contribution in [3.8, 4) is 0 Å². The van der Waals surface area contributed by atoms with Crippen LogP contribution in [-0.4, -0.2) is 42.8 Å². The summed E-state index contributed by atoms with van der Waals surface area (Å²) in [5.74, 6) is -0.331. The first-order valence-corrected chi connectivity index (χ1v) is 5.70. The zero-order valence-electron chi connectivity index (χ0n) is 10.3. The van der Waals surface area contributed by atoms with Crippen LogP contribution < -0.4 is 0 Å². The molecule has 96 valence electrons. The molecular weight excluding hydrogens is 222 g/mol. The number of rotatable bonds is 4. The van der Waals surface area contributed by atoms with Gasteiger partial charge in [0, 0.05) is 13.0 Å². The predicted octanol–water partition coefficient (Wildman–Crippen LogP) is 1.73. The fraction of sp³-hybridized carbons (Fsp3) is 0.667. The summed E-state index contributed by atoms with van der Waals surface area (Å²) in [7, 11) is 1.36. The van der Waals surface area contributed by atoms with Crippen LogP contribution in [0.3, 0.4) is 0 Å². The summed E-state index contributed by atoms with van der Waals surface area (Å²) in [6, 6.07) is 0.0109. The number of methoxy groups -OCH3 is 1. The van der Waals surface area contributed by atoms with Crippen LogP contribution in [0, 0.1) is 0 Å². The number of ether oxygens (including phenoxy) is 2. The highest BCUT2D eigenvalue weighted by molar-refractivity contribution is 5.69. The maximum absolute atomic E-state index is 11.7. The van der Waals surface area contributed by atoms with Gasteiger partial charge in [-0.3, -0.25) is 9.69 Å². The molecule has 5 heteroatoms. The van der Waals surface area contributed by atoms with Crippen molar-refractivity contribution < 1.29 is 19.1 Å². The van der Waals surface area contributed by atoms with Crippen molar-refractivity contribution in [3.63, 3.8) is 0 Å². The SMILES string of the molecule is C=CCC1CCC(COC(C)=O)N1C(=O)OC. The average molecular weight is 241 g/mol. The molecule has 0 aromatic heterocycles. The summed E-state index contributed by atoms with van der Waals surface area (Å²) >= 11 is 0. The van der Waals surface area contributed by atoms with Gasteiger partial charge in [-0.05, 0) is 19.3 Å². The Balaban J connectivity index is 2.66. The van der Waals surface area contributed by atoms with Crippen molar-refractivity contribution in [1.82, 2.24) is 4.90 Å². The van der Waals surface area contributed by atoms with Gasteiger partial charge in [0.1, 0.15) is 6.61 Å². The maximum atomic E-state index is 11.7. The van der Waals surface area contributed by atoms with Crippen molar-refractivity contribution in [2.45, 2.75) is 38.3 Å². The Kier molecular flexibility index (Phi) is 5.00. The minimum Gasteiger partial charge on any atom is -0.464 e. The van der Waals surface area contributed by atoms with Crippen molar-refractivity contribution in [3.05, 3.63) is 12.7 Å². The Labute approximate surface area is 101 Å². The number of amides is 1. The number of hydrogen-bond donors (Lipinski definition) is 0. The summed E-state index contributed by atoms with van der Waals surface area (Å²) in [4.78, 5) is 24.1. The molecule has 0 radical (unpaired) electrons. The maximum Gasteiger partial charge on any atom is 0.410 e. The molecule has 0 spiro atoms. The van der Waals surface area contributed by atoms with Crippen LogP contribution in [0.5, 0.6) is 0 Å². The zero-order chi connectivity index (χ0) is 12.8. The molecule has 0 bridgehead atoms. The Bertz CT molecular complexity index is 303. The van der Waals surface area contributed by atoms with Crippen molar-refractivity contribution >= 4 is 12.1 Å². The van der Waals surface area contributed by atoms with Gasteiger partial charge in [0.15, 0.2) is 0 Å². The molecular formula is C12H19NO4. The first kappa shape index (κ1) is 13.5. The Morgan fingerprint density at radius 2 is 2.06 bits per heavy atom. The van der Waals surface area contributed by atoms with Gasteiger partial charge in [-0.1, -0.05) is 6.08 Å². The largest absolute Gasteiger partial charge is 0.464 e. The fourth-order valence-electron chi connectivity index (χ4n) is 2.17. The Hall–Kier alpha value is -1.52. The molecule has 1 aliphatic rings. The quantitative estimate of drug-likeness (QED) is 0.555. The number of likely N-dealkylation sites (tertiary alicyclic amines) is 1. The third-order valence-corrected chi connectivity index (χ3v) is 2.92. The van der Waals surface area contributed by atoms with E-state index >= 15 is 0 Å². The van der Waals surface area contributed by atoms with Crippen LogP contribution >= 0.6 is 0 Å². The van der Waals surface area contributed by atoms with Gasteiger partial charge in [0.25, 0.3) is 0 Å². The van der Waals surface area contributed by atoms with E-state index in [0.29, 0.717) is 0 Å². The Morgan fingerprint density at radius 3 is 2.59 bits per heavy atom. The Morgan fingerprint density at radius 1 is 1.41 bits per heavy atom. The first-order chi connectivity index (χ1) is 8.10. The third kappa shape index (κ3) is 3.47. The lowest BCUT2D eigenvalue weighted by Gasteiger charge is -2.28. The smallest absolute Gasteiger partial charge is 0.410 e. The van der Waals surface area contributed by atoms with Gasteiger partial charge < -0.3 is 9.47 Å². The minimum atomic E-state index is -0.369. The van der Waals surface area contributed by atoms with E-state index in [4.69, 9.17) is 9.47 Å². The predicted molar refractivity (Wildman–Crippen MR) is 62.5 cm³/mol. The van der Waals surface area contributed by atoms with Crippen LogP contribution in [0.4, 0.5) is 4.79 Å². The molecule has 1 heterocycles. The van der Waals surface area contributed by atoms with Crippen LogP contribution in [0.15, 0.2) is 12.7 Å². The highest BCUT2D eigenvalue weighted by atomic mass is 16.5. The van der Waals surface area contributed by atoms with E-state index in [1.165, 1.54) is 14.0 Å². The number of hydrogen-bond acceptors (Lipinski definition) is 4. The van der Waals surface area contributed by atoms with Crippen molar-refractivity contribution in [2.75, 3.05) is 13.7 Å². The highest BCUT2D eigenvalue weighted by Crippen LogP contribution is 2.27. The zero-order valence-corrected chi connectivity index (χ0v) is 10.3. The van der Waals surface area contributed by atoms with Crippen LogP contribution in [-0.2, 0) is 14.3 Å². The molecule has 5 nitrogen and oxygen atoms in total. The minimum absolute atomic E-state index is 0.0868. The summed E-state index contributed by atoms with van der Waals surface area (Å²) in [6.45, 7) is 5.27. The summed E-state index contributed by atoms with van der Waals surface area (Å²) in [5.41, 5.74) is 0. The highest BCUT2D eigenvalue weighted by Gasteiger charge is 2.37. The molecule has 1 aliphatic heterocycles. The molecule has 2 unspecified atom stereocenters. The molecule has 1 saturated heterocycles. The lowest BCUT2D eigenvalue weighted by molar-refractivity contribution is -0.142. The monoisotopic (exact) mass is 241 g/mol.